The van der Waals surface area contributed by atoms with Gasteiger partial charge in [0.15, 0.2) is 23.1 Å². The lowest BCUT2D eigenvalue weighted by molar-refractivity contribution is 0.0414. The molecule has 0 N–H and O–H groups in total. The molecule has 1 fully saturated rings. The summed E-state index contributed by atoms with van der Waals surface area (Å²) in [5.74, 6) is 2.79. The highest BCUT2D eigenvalue weighted by Crippen LogP contribution is 2.41. The molecule has 0 bridgehead atoms. The molecule has 0 unspecified atom stereocenters. The molecule has 1 aliphatic heterocycles. The van der Waals surface area contributed by atoms with Crippen LogP contribution >= 0.6 is 0 Å². The summed E-state index contributed by atoms with van der Waals surface area (Å²) in [6.45, 7) is 2.26. The van der Waals surface area contributed by atoms with Crippen molar-refractivity contribution in [1.82, 2.24) is 29.6 Å². The molecule has 32 heavy (non-hydrogen) atoms. The van der Waals surface area contributed by atoms with Crippen LogP contribution in [0, 0.1) is 6.92 Å². The van der Waals surface area contributed by atoms with Crippen molar-refractivity contribution in [2.24, 2.45) is 0 Å². The van der Waals surface area contributed by atoms with Crippen LogP contribution in [-0.4, -0.2) is 55.8 Å². The molecule has 0 saturated heterocycles. The van der Waals surface area contributed by atoms with E-state index in [0.717, 1.165) is 48.6 Å². The molecule has 2 aromatic heterocycles. The summed E-state index contributed by atoms with van der Waals surface area (Å²) < 4.78 is 13.1. The van der Waals surface area contributed by atoms with Gasteiger partial charge in [0.1, 0.15) is 5.69 Å². The third-order valence-corrected chi connectivity index (χ3v) is 6.41. The van der Waals surface area contributed by atoms with Gasteiger partial charge in [0, 0.05) is 11.8 Å². The van der Waals surface area contributed by atoms with Crippen molar-refractivity contribution in [3.63, 3.8) is 0 Å². The first-order valence-electron chi connectivity index (χ1n) is 10.9. The molecule has 1 saturated carbocycles. The normalized spacial score (nSPS) is 19.8. The average molecular weight is 435 g/mol. The highest BCUT2D eigenvalue weighted by molar-refractivity contribution is 5.92. The zero-order chi connectivity index (χ0) is 22.2. The second-order valence-electron chi connectivity index (χ2n) is 8.27. The number of methoxy groups -OCH3 is 2. The fourth-order valence-electron chi connectivity index (χ4n) is 4.85. The molecule has 166 valence electrons. The van der Waals surface area contributed by atoms with E-state index < -0.39 is 0 Å². The maximum atomic E-state index is 13.3. The smallest absolute Gasteiger partial charge is 0.274 e. The van der Waals surface area contributed by atoms with Crippen LogP contribution in [0.1, 0.15) is 53.7 Å². The van der Waals surface area contributed by atoms with Gasteiger partial charge in [-0.3, -0.25) is 9.78 Å². The Morgan fingerprint density at radius 1 is 1.00 bits per heavy atom. The molecule has 2 atom stereocenters. The standard InChI is InChI=1S/C23H26N6O3/c1-14-11-25-16(12-24-14)23(30)28-13-21-26-27-22(29(21)18-7-5-4-6-17(18)28)15-8-9-19(31-2)20(10-15)32-3/h8-12,17-18H,4-7,13H2,1-3H3/t17-,18-/m1/s1. The van der Waals surface area contributed by atoms with Crippen molar-refractivity contribution in [2.45, 2.75) is 51.2 Å². The number of rotatable bonds is 4. The van der Waals surface area contributed by atoms with Gasteiger partial charge in [0.25, 0.3) is 5.91 Å². The summed E-state index contributed by atoms with van der Waals surface area (Å²) in [7, 11) is 3.24. The van der Waals surface area contributed by atoms with Crippen molar-refractivity contribution < 1.29 is 14.3 Å². The Bertz CT molecular complexity index is 1140. The highest BCUT2D eigenvalue weighted by Gasteiger charge is 2.41. The SMILES string of the molecule is COc1ccc(-c2nnc3n2[C@@H]2CCCC[C@H]2N(C(=O)c2cnc(C)cn2)C3)cc1OC. The van der Waals surface area contributed by atoms with Crippen molar-refractivity contribution >= 4 is 5.91 Å². The Labute approximate surface area is 186 Å². The Morgan fingerprint density at radius 2 is 1.78 bits per heavy atom. The first-order valence-corrected chi connectivity index (χ1v) is 10.9. The first kappa shape index (κ1) is 20.4. The Balaban J connectivity index is 1.54. The quantitative estimate of drug-likeness (QED) is 0.622. The number of carbonyl (C=O) groups excluding carboxylic acids is 1. The molecule has 3 heterocycles. The van der Waals surface area contributed by atoms with Crippen molar-refractivity contribution in [2.75, 3.05) is 14.2 Å². The van der Waals surface area contributed by atoms with Crippen LogP contribution in [0.25, 0.3) is 11.4 Å². The summed E-state index contributed by atoms with van der Waals surface area (Å²) in [5, 5.41) is 8.99. The minimum Gasteiger partial charge on any atom is -0.493 e. The van der Waals surface area contributed by atoms with E-state index in [4.69, 9.17) is 9.47 Å². The maximum absolute atomic E-state index is 13.3. The van der Waals surface area contributed by atoms with E-state index >= 15 is 0 Å². The largest absolute Gasteiger partial charge is 0.493 e. The van der Waals surface area contributed by atoms with Gasteiger partial charge in [0.05, 0.1) is 44.7 Å². The third kappa shape index (κ3) is 3.37. The first-order chi connectivity index (χ1) is 15.6. The number of aromatic nitrogens is 5. The summed E-state index contributed by atoms with van der Waals surface area (Å²) in [4.78, 5) is 23.8. The summed E-state index contributed by atoms with van der Waals surface area (Å²) in [6, 6.07) is 5.96. The van der Waals surface area contributed by atoms with E-state index in [1.54, 1.807) is 26.6 Å². The van der Waals surface area contributed by atoms with Crippen LogP contribution in [0.3, 0.4) is 0 Å². The molecule has 0 spiro atoms. The zero-order valence-corrected chi connectivity index (χ0v) is 18.5. The lowest BCUT2D eigenvalue weighted by atomic mass is 9.87. The van der Waals surface area contributed by atoms with E-state index in [1.165, 1.54) is 0 Å². The minimum atomic E-state index is -0.101. The van der Waals surface area contributed by atoms with Crippen molar-refractivity contribution in [3.8, 4) is 22.9 Å². The number of carbonyl (C=O) groups is 1. The van der Waals surface area contributed by atoms with Crippen LogP contribution in [-0.2, 0) is 6.54 Å². The maximum Gasteiger partial charge on any atom is 0.274 e. The van der Waals surface area contributed by atoms with E-state index in [-0.39, 0.29) is 18.0 Å². The van der Waals surface area contributed by atoms with Crippen LogP contribution in [0.4, 0.5) is 0 Å². The number of aryl methyl sites for hydroxylation is 1. The molecule has 1 aliphatic carbocycles. The van der Waals surface area contributed by atoms with Crippen LogP contribution in [0.5, 0.6) is 11.5 Å². The molecule has 1 aromatic carbocycles. The second-order valence-corrected chi connectivity index (χ2v) is 8.27. The topological polar surface area (TPSA) is 95.3 Å². The van der Waals surface area contributed by atoms with Gasteiger partial charge >= 0.3 is 0 Å². The lowest BCUT2D eigenvalue weighted by Crippen LogP contribution is -2.50. The Hall–Kier alpha value is -3.49. The zero-order valence-electron chi connectivity index (χ0n) is 18.5. The molecule has 9 heteroatoms. The average Bonchev–Trinajstić information content (AvgIpc) is 3.27. The molecule has 9 nitrogen and oxygen atoms in total. The molecule has 5 rings (SSSR count). The number of nitrogens with zero attached hydrogens (tertiary/aromatic N) is 6. The van der Waals surface area contributed by atoms with Gasteiger partial charge in [-0.2, -0.15) is 0 Å². The summed E-state index contributed by atoms with van der Waals surface area (Å²) >= 11 is 0. The monoisotopic (exact) mass is 434 g/mol. The number of ether oxygens (including phenoxy) is 2. The second kappa shape index (κ2) is 8.22. The van der Waals surface area contributed by atoms with Crippen molar-refractivity contribution in [1.29, 1.82) is 0 Å². The van der Waals surface area contributed by atoms with Gasteiger partial charge in [0.2, 0.25) is 0 Å². The van der Waals surface area contributed by atoms with Gasteiger partial charge in [-0.15, -0.1) is 10.2 Å². The minimum absolute atomic E-state index is 0.0711. The van der Waals surface area contributed by atoms with Gasteiger partial charge in [-0.05, 0) is 38.0 Å². The van der Waals surface area contributed by atoms with Crippen LogP contribution in [0.15, 0.2) is 30.6 Å². The number of hydrogen-bond donors (Lipinski definition) is 0. The molecular weight excluding hydrogens is 408 g/mol. The van der Waals surface area contributed by atoms with Crippen LogP contribution in [0.2, 0.25) is 0 Å². The van der Waals surface area contributed by atoms with Crippen molar-refractivity contribution in [3.05, 3.63) is 47.8 Å². The molecule has 0 radical (unpaired) electrons. The summed E-state index contributed by atoms with van der Waals surface area (Å²) in [6.07, 6.45) is 7.30. The number of amides is 1. The molecular formula is C23H26N6O3. The number of benzene rings is 1. The van der Waals surface area contributed by atoms with E-state index in [0.29, 0.717) is 23.7 Å². The van der Waals surface area contributed by atoms with Crippen LogP contribution < -0.4 is 9.47 Å². The molecule has 3 aromatic rings. The number of hydrogen-bond acceptors (Lipinski definition) is 7. The molecule has 2 aliphatic rings. The Kier molecular flexibility index (Phi) is 5.24. The third-order valence-electron chi connectivity index (χ3n) is 6.41. The van der Waals surface area contributed by atoms with Gasteiger partial charge in [-0.1, -0.05) is 12.8 Å². The summed E-state index contributed by atoms with van der Waals surface area (Å²) in [5.41, 5.74) is 2.07. The van der Waals surface area contributed by atoms with Gasteiger partial charge < -0.3 is 18.9 Å². The van der Waals surface area contributed by atoms with E-state index in [1.807, 2.05) is 30.0 Å². The van der Waals surface area contributed by atoms with E-state index in [9.17, 15) is 4.79 Å². The van der Waals surface area contributed by atoms with E-state index in [2.05, 4.69) is 24.7 Å². The number of fused-ring (bicyclic) bond motifs is 3. The fraction of sp³-hybridized carbons (Fsp3) is 0.435. The highest BCUT2D eigenvalue weighted by atomic mass is 16.5. The Morgan fingerprint density at radius 3 is 2.50 bits per heavy atom. The fourth-order valence-corrected chi connectivity index (χ4v) is 4.85. The predicted molar refractivity (Wildman–Crippen MR) is 116 cm³/mol. The van der Waals surface area contributed by atoms with Gasteiger partial charge in [-0.25, -0.2) is 4.98 Å². The molecule has 1 amide bonds. The lowest BCUT2D eigenvalue weighted by Gasteiger charge is -2.44. The predicted octanol–water partition coefficient (Wildman–Crippen LogP) is 3.20.